The number of aromatic nitrogens is 3. The number of nitrogens with one attached hydrogen (secondary N) is 1. The molecule has 2 aromatic heterocycles. The highest BCUT2D eigenvalue weighted by molar-refractivity contribution is 6.66. The average molecular weight is 417 g/mol. The van der Waals surface area contributed by atoms with E-state index < -0.39 is 5.37 Å². The molecule has 0 bridgehead atoms. The third-order valence-electron chi connectivity index (χ3n) is 5.19. The number of H-pyrrole nitrogens is 1. The third-order valence-corrected chi connectivity index (χ3v) is 5.36. The van der Waals surface area contributed by atoms with Crippen molar-refractivity contribution in [2.75, 3.05) is 25.2 Å². The summed E-state index contributed by atoms with van der Waals surface area (Å²) in [7, 11) is 1.58. The average Bonchev–Trinajstić information content (AvgIpc) is 3.05. The third kappa shape index (κ3) is 3.61. The van der Waals surface area contributed by atoms with Crippen molar-refractivity contribution in [3.63, 3.8) is 0 Å². The Kier molecular flexibility index (Phi) is 5.29. The Morgan fingerprint density at radius 3 is 2.76 bits per heavy atom. The van der Waals surface area contributed by atoms with Gasteiger partial charge >= 0.3 is 11.1 Å². The van der Waals surface area contributed by atoms with Crippen molar-refractivity contribution in [1.29, 1.82) is 0 Å². The zero-order chi connectivity index (χ0) is 20.5. The highest BCUT2D eigenvalue weighted by Gasteiger charge is 2.24. The van der Waals surface area contributed by atoms with Crippen LogP contribution in [0.3, 0.4) is 0 Å². The topological polar surface area (TPSA) is 89.5 Å². The number of amides is 1. The Bertz CT molecular complexity index is 1120. The van der Waals surface area contributed by atoms with Crippen LogP contribution in [0.5, 0.6) is 5.75 Å². The van der Waals surface area contributed by atoms with Crippen LogP contribution in [-0.4, -0.2) is 40.2 Å². The van der Waals surface area contributed by atoms with E-state index in [9.17, 15) is 9.59 Å². The molecule has 3 aromatic rings. The summed E-state index contributed by atoms with van der Waals surface area (Å²) in [5.41, 5.74) is 2.49. The molecule has 4 rings (SSSR count). The maximum absolute atomic E-state index is 12.6. The first-order valence-electron chi connectivity index (χ1n) is 9.32. The fraction of sp³-hybridized carbons (Fsp3) is 0.350. The molecule has 29 heavy (non-hydrogen) atoms. The van der Waals surface area contributed by atoms with Gasteiger partial charge in [-0.1, -0.05) is 0 Å². The standard InChI is InChI=1S/C20H21ClN4O4/c1-12-9-14(28-2)3-4-16(12)25(19(21)26)18-10-17-15(11-22-18)23-20(27)24(17)13-5-7-29-8-6-13/h3-4,9-11,13H,5-8H2,1-2H3,(H,23,27). The largest absolute Gasteiger partial charge is 0.497 e. The SMILES string of the molecule is COc1ccc(N(C(=O)Cl)c2cc3c(cn2)[nH]c(=O)n3C2CCOCC2)c(C)c1. The Morgan fingerprint density at radius 2 is 2.10 bits per heavy atom. The van der Waals surface area contributed by atoms with E-state index in [4.69, 9.17) is 21.1 Å². The van der Waals surface area contributed by atoms with E-state index in [1.807, 2.05) is 13.0 Å². The Hall–Kier alpha value is -2.84. The number of imidazole rings is 1. The number of carbonyl (C=O) groups is 1. The van der Waals surface area contributed by atoms with E-state index in [0.29, 0.717) is 41.5 Å². The number of halogens is 1. The second-order valence-corrected chi connectivity index (χ2v) is 7.27. The first-order chi connectivity index (χ1) is 14.0. The molecule has 1 aliphatic rings. The normalized spacial score (nSPS) is 14.9. The summed E-state index contributed by atoms with van der Waals surface area (Å²) in [4.78, 5) is 33.4. The first-order valence-corrected chi connectivity index (χ1v) is 9.69. The molecular weight excluding hydrogens is 396 g/mol. The quantitative estimate of drug-likeness (QED) is 0.514. The van der Waals surface area contributed by atoms with Crippen LogP contribution in [0.1, 0.15) is 24.4 Å². The van der Waals surface area contributed by atoms with Crippen LogP contribution < -0.4 is 15.3 Å². The molecule has 0 radical (unpaired) electrons. The van der Waals surface area contributed by atoms with Crippen molar-refractivity contribution in [2.45, 2.75) is 25.8 Å². The number of benzene rings is 1. The summed E-state index contributed by atoms with van der Waals surface area (Å²) in [6.45, 7) is 3.08. The molecule has 0 aliphatic carbocycles. The van der Waals surface area contributed by atoms with Gasteiger partial charge in [0.15, 0.2) is 0 Å². The number of aromatic amines is 1. The van der Waals surface area contributed by atoms with Gasteiger partial charge in [-0.3, -0.25) is 14.3 Å². The number of ether oxygens (including phenoxy) is 2. The molecule has 1 fully saturated rings. The van der Waals surface area contributed by atoms with Crippen molar-refractivity contribution in [2.24, 2.45) is 0 Å². The van der Waals surface area contributed by atoms with E-state index in [-0.39, 0.29) is 11.7 Å². The van der Waals surface area contributed by atoms with Crippen LogP contribution in [0.15, 0.2) is 35.3 Å². The van der Waals surface area contributed by atoms with Gasteiger partial charge in [0, 0.05) is 25.3 Å². The summed E-state index contributed by atoms with van der Waals surface area (Å²) in [6.07, 6.45) is 3.05. The number of anilines is 2. The molecule has 0 saturated carbocycles. The van der Waals surface area contributed by atoms with E-state index in [0.717, 1.165) is 18.4 Å². The maximum atomic E-state index is 12.6. The number of nitrogens with zero attached hydrogens (tertiary/aromatic N) is 3. The predicted molar refractivity (Wildman–Crippen MR) is 111 cm³/mol. The number of methoxy groups -OCH3 is 1. The van der Waals surface area contributed by atoms with E-state index in [2.05, 4.69) is 9.97 Å². The molecule has 0 spiro atoms. The number of carbonyl (C=O) groups excluding carboxylic acids is 1. The van der Waals surface area contributed by atoms with E-state index in [1.54, 1.807) is 36.1 Å². The zero-order valence-electron chi connectivity index (χ0n) is 16.1. The van der Waals surface area contributed by atoms with Crippen LogP contribution in [0.25, 0.3) is 11.0 Å². The second-order valence-electron chi connectivity index (χ2n) is 6.94. The van der Waals surface area contributed by atoms with Crippen molar-refractivity contribution < 1.29 is 14.3 Å². The number of aryl methyl sites for hydroxylation is 1. The molecule has 1 N–H and O–H groups in total. The fourth-order valence-electron chi connectivity index (χ4n) is 3.76. The highest BCUT2D eigenvalue weighted by atomic mass is 35.5. The van der Waals surface area contributed by atoms with Crippen LogP contribution in [0.4, 0.5) is 16.3 Å². The van der Waals surface area contributed by atoms with Gasteiger partial charge in [0.1, 0.15) is 11.6 Å². The maximum Gasteiger partial charge on any atom is 0.326 e. The van der Waals surface area contributed by atoms with Gasteiger partial charge in [-0.25, -0.2) is 9.78 Å². The van der Waals surface area contributed by atoms with Gasteiger partial charge in [-0.2, -0.15) is 0 Å². The summed E-state index contributed by atoms with van der Waals surface area (Å²) in [5, 5.41) is -0.694. The van der Waals surface area contributed by atoms with Gasteiger partial charge in [0.2, 0.25) is 0 Å². The minimum atomic E-state index is -0.694. The molecule has 152 valence electrons. The minimum absolute atomic E-state index is 0.0307. The summed E-state index contributed by atoms with van der Waals surface area (Å²) < 4.78 is 12.4. The minimum Gasteiger partial charge on any atom is -0.497 e. The summed E-state index contributed by atoms with van der Waals surface area (Å²) in [6, 6.07) is 7.06. The van der Waals surface area contributed by atoms with Crippen LogP contribution >= 0.6 is 11.6 Å². The number of hydrogen-bond donors (Lipinski definition) is 1. The van der Waals surface area contributed by atoms with Gasteiger partial charge in [-0.05, 0) is 55.1 Å². The first kappa shape index (κ1) is 19.5. The lowest BCUT2D eigenvalue weighted by Crippen LogP contribution is -2.27. The van der Waals surface area contributed by atoms with Gasteiger partial charge in [0.25, 0.3) is 0 Å². The molecule has 1 amide bonds. The number of fused-ring (bicyclic) bond motifs is 1. The lowest BCUT2D eigenvalue weighted by molar-refractivity contribution is 0.0698. The molecule has 8 nitrogen and oxygen atoms in total. The molecule has 1 aliphatic heterocycles. The Morgan fingerprint density at radius 1 is 1.34 bits per heavy atom. The zero-order valence-corrected chi connectivity index (χ0v) is 16.9. The summed E-state index contributed by atoms with van der Waals surface area (Å²) >= 11 is 5.93. The van der Waals surface area contributed by atoms with E-state index in [1.165, 1.54) is 4.90 Å². The summed E-state index contributed by atoms with van der Waals surface area (Å²) in [5.74, 6) is 1.01. The monoisotopic (exact) mass is 416 g/mol. The van der Waals surface area contributed by atoms with Crippen molar-refractivity contribution in [3.8, 4) is 5.75 Å². The fourth-order valence-corrected chi connectivity index (χ4v) is 3.93. The molecule has 0 unspecified atom stereocenters. The van der Waals surface area contributed by atoms with Gasteiger partial charge in [0.05, 0.1) is 30.0 Å². The molecule has 9 heteroatoms. The van der Waals surface area contributed by atoms with Gasteiger partial charge in [-0.15, -0.1) is 0 Å². The van der Waals surface area contributed by atoms with Crippen LogP contribution in [0.2, 0.25) is 0 Å². The smallest absolute Gasteiger partial charge is 0.326 e. The van der Waals surface area contributed by atoms with Crippen molar-refractivity contribution in [3.05, 3.63) is 46.5 Å². The Labute approximate surface area is 172 Å². The molecule has 1 aromatic carbocycles. The van der Waals surface area contributed by atoms with E-state index >= 15 is 0 Å². The Balaban J connectivity index is 1.83. The second kappa shape index (κ2) is 7.88. The predicted octanol–water partition coefficient (Wildman–Crippen LogP) is 3.89. The molecule has 1 saturated heterocycles. The van der Waals surface area contributed by atoms with Gasteiger partial charge < -0.3 is 14.5 Å². The number of pyridine rings is 1. The van der Waals surface area contributed by atoms with Crippen molar-refractivity contribution in [1.82, 2.24) is 14.5 Å². The molecule has 3 heterocycles. The number of rotatable bonds is 4. The lowest BCUT2D eigenvalue weighted by atomic mass is 10.1. The molecule has 0 atom stereocenters. The van der Waals surface area contributed by atoms with Crippen LogP contribution in [-0.2, 0) is 4.74 Å². The number of hydrogen-bond acceptors (Lipinski definition) is 5. The highest BCUT2D eigenvalue weighted by Crippen LogP contribution is 2.33. The van der Waals surface area contributed by atoms with Crippen molar-refractivity contribution >= 4 is 39.5 Å². The van der Waals surface area contributed by atoms with Crippen LogP contribution in [0, 0.1) is 6.92 Å². The lowest BCUT2D eigenvalue weighted by Gasteiger charge is -2.24. The molecular formula is C20H21ClN4O4.